The van der Waals surface area contributed by atoms with Gasteiger partial charge in [0.15, 0.2) is 23.1 Å². The Labute approximate surface area is 197 Å². The molecule has 0 aromatic heterocycles. The highest BCUT2D eigenvalue weighted by molar-refractivity contribution is 8.13. The van der Waals surface area contributed by atoms with Crippen molar-refractivity contribution in [3.8, 4) is 22.6 Å². The quantitative estimate of drug-likeness (QED) is 0.278. The van der Waals surface area contributed by atoms with Crippen LogP contribution in [0.25, 0.3) is 11.1 Å². The van der Waals surface area contributed by atoms with Gasteiger partial charge in [-0.05, 0) is 61.2 Å². The number of benzene rings is 2. The van der Waals surface area contributed by atoms with Gasteiger partial charge >= 0.3 is 0 Å². The van der Waals surface area contributed by atoms with Crippen LogP contribution >= 0.6 is 11.8 Å². The number of amides is 1. The van der Waals surface area contributed by atoms with Crippen molar-refractivity contribution in [2.45, 2.75) is 50.3 Å². The molecule has 1 amide bonds. The number of halogens is 3. The first kappa shape index (κ1) is 25.3. The van der Waals surface area contributed by atoms with Crippen LogP contribution in [0.2, 0.25) is 0 Å². The number of thioether (sulfide) groups is 1. The first-order valence-corrected chi connectivity index (χ1v) is 12.1. The molecule has 1 aliphatic carbocycles. The SMILES string of the molecule is CCCCOc1ccc(-c2ccc(OCC3CCCC3)c(F)c2SC(=O)N(C)C)c(F)c1F. The molecule has 180 valence electrons. The molecule has 8 heteroatoms. The molecule has 0 saturated heterocycles. The Kier molecular flexibility index (Phi) is 8.95. The fourth-order valence-electron chi connectivity index (χ4n) is 3.70. The van der Waals surface area contributed by atoms with Gasteiger partial charge in [0.05, 0.1) is 18.1 Å². The second-order valence-corrected chi connectivity index (χ2v) is 9.38. The summed E-state index contributed by atoms with van der Waals surface area (Å²) in [5, 5.41) is -0.441. The number of hydrogen-bond donors (Lipinski definition) is 0. The fourth-order valence-corrected chi connectivity index (χ4v) is 4.54. The Morgan fingerprint density at radius 2 is 1.61 bits per heavy atom. The fraction of sp³-hybridized carbons (Fsp3) is 0.480. The molecule has 0 bridgehead atoms. The Morgan fingerprint density at radius 1 is 0.970 bits per heavy atom. The summed E-state index contributed by atoms with van der Waals surface area (Å²) < 4.78 is 56.2. The van der Waals surface area contributed by atoms with E-state index in [9.17, 15) is 9.18 Å². The van der Waals surface area contributed by atoms with Gasteiger partial charge in [0, 0.05) is 25.2 Å². The summed E-state index contributed by atoms with van der Waals surface area (Å²) in [6, 6.07) is 5.55. The van der Waals surface area contributed by atoms with Crippen molar-refractivity contribution >= 4 is 17.0 Å². The lowest BCUT2D eigenvalue weighted by molar-refractivity contribution is 0.239. The van der Waals surface area contributed by atoms with E-state index in [1.54, 1.807) is 0 Å². The van der Waals surface area contributed by atoms with Gasteiger partial charge in [-0.3, -0.25) is 4.79 Å². The number of carbonyl (C=O) groups excluding carboxylic acids is 1. The van der Waals surface area contributed by atoms with Gasteiger partial charge < -0.3 is 14.4 Å². The van der Waals surface area contributed by atoms with Gasteiger partial charge in [0.1, 0.15) is 0 Å². The number of nitrogens with zero attached hydrogens (tertiary/aromatic N) is 1. The molecule has 2 aromatic carbocycles. The molecular weight excluding hydrogens is 451 g/mol. The highest BCUT2D eigenvalue weighted by Crippen LogP contribution is 2.41. The summed E-state index contributed by atoms with van der Waals surface area (Å²) in [4.78, 5) is 13.6. The molecule has 0 aliphatic heterocycles. The minimum Gasteiger partial charge on any atom is -0.490 e. The third-order valence-electron chi connectivity index (χ3n) is 5.66. The topological polar surface area (TPSA) is 38.8 Å². The number of ether oxygens (including phenoxy) is 2. The van der Waals surface area contributed by atoms with Gasteiger partial charge in [-0.25, -0.2) is 8.78 Å². The van der Waals surface area contributed by atoms with Gasteiger partial charge in [-0.1, -0.05) is 26.2 Å². The van der Waals surface area contributed by atoms with E-state index in [-0.39, 0.29) is 34.1 Å². The molecule has 0 unspecified atom stereocenters. The molecule has 4 nitrogen and oxygen atoms in total. The van der Waals surface area contributed by atoms with Crippen LogP contribution in [-0.4, -0.2) is 37.4 Å². The third-order valence-corrected chi connectivity index (χ3v) is 6.80. The van der Waals surface area contributed by atoms with Crippen LogP contribution < -0.4 is 9.47 Å². The van der Waals surface area contributed by atoms with Crippen molar-refractivity contribution in [3.63, 3.8) is 0 Å². The zero-order valence-corrected chi connectivity index (χ0v) is 20.1. The number of carbonyl (C=O) groups is 1. The van der Waals surface area contributed by atoms with Crippen LogP contribution in [0.5, 0.6) is 11.5 Å². The molecular formula is C25H30F3NO3S. The van der Waals surface area contributed by atoms with Crippen molar-refractivity contribution in [1.29, 1.82) is 0 Å². The smallest absolute Gasteiger partial charge is 0.286 e. The van der Waals surface area contributed by atoms with Crippen LogP contribution in [0, 0.1) is 23.4 Å². The van der Waals surface area contributed by atoms with E-state index >= 15 is 8.78 Å². The molecule has 0 heterocycles. The molecule has 2 aromatic rings. The van der Waals surface area contributed by atoms with Crippen molar-refractivity contribution < 1.29 is 27.4 Å². The second-order valence-electron chi connectivity index (χ2n) is 8.42. The normalized spacial score (nSPS) is 13.9. The van der Waals surface area contributed by atoms with Crippen LogP contribution in [-0.2, 0) is 0 Å². The van der Waals surface area contributed by atoms with Crippen molar-refractivity contribution in [2.75, 3.05) is 27.3 Å². The Bertz CT molecular complexity index is 978. The molecule has 0 N–H and O–H groups in total. The van der Waals surface area contributed by atoms with Gasteiger partial charge in [-0.15, -0.1) is 0 Å². The van der Waals surface area contributed by atoms with Crippen LogP contribution in [0.4, 0.5) is 18.0 Å². The van der Waals surface area contributed by atoms with Gasteiger partial charge in [-0.2, -0.15) is 4.39 Å². The first-order valence-electron chi connectivity index (χ1n) is 11.3. The largest absolute Gasteiger partial charge is 0.490 e. The lowest BCUT2D eigenvalue weighted by atomic mass is 10.0. The number of hydrogen-bond acceptors (Lipinski definition) is 4. The maximum absolute atomic E-state index is 15.5. The van der Waals surface area contributed by atoms with Gasteiger partial charge in [0.2, 0.25) is 5.82 Å². The van der Waals surface area contributed by atoms with Crippen molar-refractivity contribution in [2.24, 2.45) is 5.92 Å². The van der Waals surface area contributed by atoms with Crippen molar-refractivity contribution in [1.82, 2.24) is 4.90 Å². The first-order chi connectivity index (χ1) is 15.8. The van der Waals surface area contributed by atoms with E-state index in [0.717, 1.165) is 32.1 Å². The van der Waals surface area contributed by atoms with E-state index in [1.807, 2.05) is 6.92 Å². The zero-order chi connectivity index (χ0) is 24.0. The number of rotatable bonds is 9. The molecule has 1 fully saturated rings. The van der Waals surface area contributed by atoms with Crippen molar-refractivity contribution in [3.05, 3.63) is 41.7 Å². The monoisotopic (exact) mass is 481 g/mol. The summed E-state index contributed by atoms with van der Waals surface area (Å²) in [7, 11) is 3.08. The van der Waals surface area contributed by atoms with E-state index in [0.29, 0.717) is 30.7 Å². The Morgan fingerprint density at radius 3 is 2.24 bits per heavy atom. The minimum absolute atomic E-state index is 0.0000975. The number of unbranched alkanes of at least 4 members (excludes halogenated alkanes) is 1. The molecule has 0 atom stereocenters. The maximum atomic E-state index is 15.5. The summed E-state index contributed by atoms with van der Waals surface area (Å²) in [5.74, 6) is -2.87. The molecule has 33 heavy (non-hydrogen) atoms. The van der Waals surface area contributed by atoms with Crippen LogP contribution in [0.15, 0.2) is 29.2 Å². The molecule has 1 saturated carbocycles. The van der Waals surface area contributed by atoms with Crippen LogP contribution in [0.1, 0.15) is 45.4 Å². The zero-order valence-electron chi connectivity index (χ0n) is 19.3. The Hall–Kier alpha value is -2.35. The third kappa shape index (κ3) is 6.16. The lowest BCUT2D eigenvalue weighted by Gasteiger charge is -2.18. The highest BCUT2D eigenvalue weighted by atomic mass is 32.2. The minimum atomic E-state index is -1.15. The summed E-state index contributed by atoms with van der Waals surface area (Å²) in [6.45, 7) is 2.62. The van der Waals surface area contributed by atoms with E-state index in [1.165, 1.54) is 43.3 Å². The van der Waals surface area contributed by atoms with Gasteiger partial charge in [0.25, 0.3) is 5.24 Å². The van der Waals surface area contributed by atoms with E-state index < -0.39 is 22.7 Å². The molecule has 3 rings (SSSR count). The molecule has 1 aliphatic rings. The molecule has 0 radical (unpaired) electrons. The van der Waals surface area contributed by atoms with E-state index in [4.69, 9.17) is 9.47 Å². The maximum Gasteiger partial charge on any atom is 0.286 e. The average molecular weight is 482 g/mol. The lowest BCUT2D eigenvalue weighted by Crippen LogP contribution is -2.16. The second kappa shape index (κ2) is 11.7. The standard InChI is InChI=1S/C25H30F3NO3S/c1-4-5-14-31-19-12-10-17(21(26)22(19)27)18-11-13-20(32-15-16-8-6-7-9-16)23(28)24(18)33-25(30)29(2)3/h10-13,16H,4-9,14-15H2,1-3H3. The Balaban J connectivity index is 1.96. The summed E-state index contributed by atoms with van der Waals surface area (Å²) in [6.07, 6.45) is 5.92. The average Bonchev–Trinajstić information content (AvgIpc) is 3.31. The summed E-state index contributed by atoms with van der Waals surface area (Å²) >= 11 is 0.619. The predicted octanol–water partition coefficient (Wildman–Crippen LogP) is 7.29. The highest BCUT2D eigenvalue weighted by Gasteiger charge is 2.25. The van der Waals surface area contributed by atoms with E-state index in [2.05, 4.69) is 0 Å². The summed E-state index contributed by atoms with van der Waals surface area (Å²) in [5.41, 5.74) is -0.0666. The van der Waals surface area contributed by atoms with Crippen LogP contribution in [0.3, 0.4) is 0 Å². The predicted molar refractivity (Wildman–Crippen MR) is 125 cm³/mol. The molecule has 0 spiro atoms.